The van der Waals surface area contributed by atoms with Gasteiger partial charge in [-0.1, -0.05) is 24.3 Å². The van der Waals surface area contributed by atoms with Gasteiger partial charge >= 0.3 is 0 Å². The van der Waals surface area contributed by atoms with Crippen molar-refractivity contribution in [1.82, 2.24) is 10.6 Å². The molecule has 0 atom stereocenters. The van der Waals surface area contributed by atoms with E-state index < -0.39 is 0 Å². The molecule has 2 amide bonds. The standard InChI is InChI=1S/C19H22N2O3S/c1-2-24-15-9-7-14(8-10-15)13-18(22)20-11-12-21-19(23)16-5-3-4-6-17(16)25/h3-10,25H,2,11-13H2,1H3,(H,20,22)(H,21,23). The first-order valence-corrected chi connectivity index (χ1v) is 8.59. The van der Waals surface area contributed by atoms with E-state index in [1.54, 1.807) is 18.2 Å². The van der Waals surface area contributed by atoms with E-state index in [1.807, 2.05) is 37.3 Å². The Labute approximate surface area is 153 Å². The molecule has 0 saturated carbocycles. The average Bonchev–Trinajstić information content (AvgIpc) is 2.61. The molecule has 5 nitrogen and oxygen atoms in total. The van der Waals surface area contributed by atoms with E-state index in [2.05, 4.69) is 23.3 Å². The minimum atomic E-state index is -0.202. The molecule has 2 aromatic rings. The molecule has 0 aliphatic carbocycles. The van der Waals surface area contributed by atoms with Crippen LogP contribution in [0, 0.1) is 0 Å². The summed E-state index contributed by atoms with van der Waals surface area (Å²) in [6.45, 7) is 3.27. The van der Waals surface area contributed by atoms with Gasteiger partial charge in [0.15, 0.2) is 0 Å². The van der Waals surface area contributed by atoms with Gasteiger partial charge in [0.2, 0.25) is 5.91 Å². The lowest BCUT2D eigenvalue weighted by atomic mass is 10.1. The average molecular weight is 358 g/mol. The zero-order chi connectivity index (χ0) is 18.1. The van der Waals surface area contributed by atoms with E-state index in [9.17, 15) is 9.59 Å². The normalized spacial score (nSPS) is 10.2. The van der Waals surface area contributed by atoms with Crippen molar-refractivity contribution in [2.24, 2.45) is 0 Å². The Morgan fingerprint density at radius 1 is 1.00 bits per heavy atom. The summed E-state index contributed by atoms with van der Waals surface area (Å²) in [6, 6.07) is 14.5. The van der Waals surface area contributed by atoms with Crippen LogP contribution in [0.2, 0.25) is 0 Å². The molecule has 132 valence electrons. The van der Waals surface area contributed by atoms with Crippen molar-refractivity contribution >= 4 is 24.4 Å². The first-order valence-electron chi connectivity index (χ1n) is 8.14. The highest BCUT2D eigenvalue weighted by atomic mass is 32.1. The van der Waals surface area contributed by atoms with Crippen molar-refractivity contribution in [1.29, 1.82) is 0 Å². The largest absolute Gasteiger partial charge is 0.494 e. The second-order valence-corrected chi connectivity index (χ2v) is 5.86. The third-order valence-corrected chi connectivity index (χ3v) is 3.87. The van der Waals surface area contributed by atoms with E-state index in [4.69, 9.17) is 4.74 Å². The van der Waals surface area contributed by atoms with Crippen molar-refractivity contribution in [3.8, 4) is 5.75 Å². The van der Waals surface area contributed by atoms with Gasteiger partial charge in [-0.15, -0.1) is 12.6 Å². The molecule has 0 aromatic heterocycles. The molecule has 0 saturated heterocycles. The van der Waals surface area contributed by atoms with Crippen LogP contribution < -0.4 is 15.4 Å². The van der Waals surface area contributed by atoms with Crippen LogP contribution in [0.4, 0.5) is 0 Å². The maximum atomic E-state index is 12.0. The molecular weight excluding hydrogens is 336 g/mol. The van der Waals surface area contributed by atoms with Crippen LogP contribution in [-0.2, 0) is 11.2 Å². The predicted molar refractivity (Wildman–Crippen MR) is 100 cm³/mol. The fourth-order valence-electron chi connectivity index (χ4n) is 2.26. The third kappa shape index (κ3) is 6.15. The monoisotopic (exact) mass is 358 g/mol. The lowest BCUT2D eigenvalue weighted by Crippen LogP contribution is -2.35. The molecule has 0 spiro atoms. The van der Waals surface area contributed by atoms with Gasteiger partial charge in [0.25, 0.3) is 5.91 Å². The number of ether oxygens (including phenoxy) is 1. The second kappa shape index (κ2) is 9.74. The molecule has 2 rings (SSSR count). The summed E-state index contributed by atoms with van der Waals surface area (Å²) in [4.78, 5) is 24.6. The van der Waals surface area contributed by atoms with Crippen LogP contribution >= 0.6 is 12.6 Å². The van der Waals surface area contributed by atoms with Crippen LogP contribution in [0.3, 0.4) is 0 Å². The Balaban J connectivity index is 1.70. The van der Waals surface area contributed by atoms with Crippen LogP contribution in [0.5, 0.6) is 5.75 Å². The van der Waals surface area contributed by atoms with Crippen molar-refractivity contribution in [2.45, 2.75) is 18.2 Å². The first kappa shape index (κ1) is 18.9. The van der Waals surface area contributed by atoms with Gasteiger partial charge in [-0.3, -0.25) is 9.59 Å². The molecule has 0 radical (unpaired) electrons. The number of hydrogen-bond donors (Lipinski definition) is 3. The van der Waals surface area contributed by atoms with Gasteiger partial charge < -0.3 is 15.4 Å². The Morgan fingerprint density at radius 2 is 1.68 bits per heavy atom. The molecule has 2 N–H and O–H groups in total. The molecule has 0 unspecified atom stereocenters. The Morgan fingerprint density at radius 3 is 2.36 bits per heavy atom. The molecule has 0 bridgehead atoms. The van der Waals surface area contributed by atoms with E-state index in [0.717, 1.165) is 11.3 Å². The van der Waals surface area contributed by atoms with Crippen molar-refractivity contribution in [3.05, 3.63) is 59.7 Å². The summed E-state index contributed by atoms with van der Waals surface area (Å²) < 4.78 is 5.37. The fraction of sp³-hybridized carbons (Fsp3) is 0.263. The minimum absolute atomic E-state index is 0.0898. The number of carbonyl (C=O) groups excluding carboxylic acids is 2. The van der Waals surface area contributed by atoms with Gasteiger partial charge in [0, 0.05) is 18.0 Å². The molecule has 0 heterocycles. The smallest absolute Gasteiger partial charge is 0.252 e. The first-order chi connectivity index (χ1) is 12.1. The van der Waals surface area contributed by atoms with Gasteiger partial charge in [-0.05, 0) is 36.8 Å². The quantitative estimate of drug-likeness (QED) is 0.502. The van der Waals surface area contributed by atoms with Crippen molar-refractivity contribution in [2.75, 3.05) is 19.7 Å². The van der Waals surface area contributed by atoms with Crippen LogP contribution in [-0.4, -0.2) is 31.5 Å². The van der Waals surface area contributed by atoms with Crippen LogP contribution in [0.25, 0.3) is 0 Å². The van der Waals surface area contributed by atoms with E-state index in [1.165, 1.54) is 0 Å². The number of thiol groups is 1. The predicted octanol–water partition coefficient (Wildman–Crippen LogP) is 2.46. The second-order valence-electron chi connectivity index (χ2n) is 5.38. The summed E-state index contributed by atoms with van der Waals surface area (Å²) in [5.74, 6) is 0.498. The maximum Gasteiger partial charge on any atom is 0.252 e. The molecule has 0 aliphatic heterocycles. The lowest BCUT2D eigenvalue weighted by Gasteiger charge is -2.09. The van der Waals surface area contributed by atoms with E-state index in [-0.39, 0.29) is 11.8 Å². The number of benzene rings is 2. The van der Waals surface area contributed by atoms with E-state index in [0.29, 0.717) is 36.6 Å². The minimum Gasteiger partial charge on any atom is -0.494 e. The zero-order valence-corrected chi connectivity index (χ0v) is 15.0. The fourth-order valence-corrected chi connectivity index (χ4v) is 2.52. The van der Waals surface area contributed by atoms with Gasteiger partial charge in [-0.2, -0.15) is 0 Å². The molecule has 2 aromatic carbocycles. The molecular formula is C19H22N2O3S. The summed E-state index contributed by atoms with van der Waals surface area (Å²) in [6.07, 6.45) is 0.291. The number of rotatable bonds is 8. The summed E-state index contributed by atoms with van der Waals surface area (Å²) in [5.41, 5.74) is 1.43. The third-order valence-electron chi connectivity index (χ3n) is 3.48. The maximum absolute atomic E-state index is 12.0. The number of carbonyl (C=O) groups is 2. The summed E-state index contributed by atoms with van der Waals surface area (Å²) in [7, 11) is 0. The molecule has 0 aliphatic rings. The highest BCUT2D eigenvalue weighted by molar-refractivity contribution is 7.80. The van der Waals surface area contributed by atoms with Crippen LogP contribution in [0.15, 0.2) is 53.4 Å². The summed E-state index contributed by atoms with van der Waals surface area (Å²) >= 11 is 4.25. The number of nitrogens with one attached hydrogen (secondary N) is 2. The molecule has 25 heavy (non-hydrogen) atoms. The highest BCUT2D eigenvalue weighted by Gasteiger charge is 2.08. The van der Waals surface area contributed by atoms with E-state index >= 15 is 0 Å². The van der Waals surface area contributed by atoms with Crippen LogP contribution in [0.1, 0.15) is 22.8 Å². The Kier molecular flexibility index (Phi) is 7.35. The summed E-state index contributed by atoms with van der Waals surface area (Å²) in [5, 5.41) is 5.55. The van der Waals surface area contributed by atoms with Gasteiger partial charge in [0.05, 0.1) is 18.6 Å². The van der Waals surface area contributed by atoms with Gasteiger partial charge in [0.1, 0.15) is 5.75 Å². The van der Waals surface area contributed by atoms with Crippen molar-refractivity contribution < 1.29 is 14.3 Å². The molecule has 0 fully saturated rings. The van der Waals surface area contributed by atoms with Gasteiger partial charge in [-0.25, -0.2) is 0 Å². The zero-order valence-electron chi connectivity index (χ0n) is 14.1. The highest BCUT2D eigenvalue weighted by Crippen LogP contribution is 2.13. The number of amides is 2. The Bertz CT molecular complexity index is 717. The number of hydrogen-bond acceptors (Lipinski definition) is 4. The Hall–Kier alpha value is -2.47. The SMILES string of the molecule is CCOc1ccc(CC(=O)NCCNC(=O)c2ccccc2S)cc1. The topological polar surface area (TPSA) is 67.4 Å². The lowest BCUT2D eigenvalue weighted by molar-refractivity contribution is -0.120. The molecule has 6 heteroatoms. The van der Waals surface area contributed by atoms with Crippen molar-refractivity contribution in [3.63, 3.8) is 0 Å².